The van der Waals surface area contributed by atoms with Crippen LogP contribution in [0.4, 0.5) is 5.69 Å². The zero-order chi connectivity index (χ0) is 14.9. The molecule has 1 aliphatic rings. The van der Waals surface area contributed by atoms with E-state index in [4.69, 9.17) is 0 Å². The van der Waals surface area contributed by atoms with Crippen LogP contribution in [0.1, 0.15) is 11.1 Å². The van der Waals surface area contributed by atoms with Gasteiger partial charge in [-0.3, -0.25) is 4.79 Å². The third kappa shape index (κ3) is 2.11. The lowest BCUT2D eigenvalue weighted by Crippen LogP contribution is -2.03. The highest BCUT2D eigenvalue weighted by molar-refractivity contribution is 6.34. The number of para-hydroxylation sites is 1. The number of carbonyl (C=O) groups excluding carboxylic acids is 1. The van der Waals surface area contributed by atoms with Gasteiger partial charge in [-0.2, -0.15) is 0 Å². The van der Waals surface area contributed by atoms with Gasteiger partial charge in [-0.05, 0) is 29.8 Å². The molecule has 22 heavy (non-hydrogen) atoms. The number of hydrogen-bond acceptors (Lipinski definition) is 2. The van der Waals surface area contributed by atoms with Crippen molar-refractivity contribution in [2.24, 2.45) is 0 Å². The Balaban J connectivity index is 1.70. The van der Waals surface area contributed by atoms with Gasteiger partial charge in [0, 0.05) is 34.9 Å². The average molecular weight is 287 g/mol. The van der Waals surface area contributed by atoms with E-state index in [9.17, 15) is 4.79 Å². The number of nitrogens with zero attached hydrogens (tertiary/aromatic N) is 2. The molecule has 2 aromatic carbocycles. The van der Waals surface area contributed by atoms with Crippen LogP contribution < -0.4 is 5.32 Å². The minimum Gasteiger partial charge on any atom is -0.321 e. The molecule has 1 aromatic heterocycles. The monoisotopic (exact) mass is 287 g/mol. The van der Waals surface area contributed by atoms with Gasteiger partial charge < -0.3 is 9.88 Å². The molecule has 0 bridgehead atoms. The fourth-order valence-electron chi connectivity index (χ4n) is 2.60. The summed E-state index contributed by atoms with van der Waals surface area (Å²) in [6.45, 7) is 0. The molecule has 2 heterocycles. The predicted octanol–water partition coefficient (Wildman–Crippen LogP) is 3.37. The van der Waals surface area contributed by atoms with E-state index in [1.165, 1.54) is 0 Å². The van der Waals surface area contributed by atoms with Crippen molar-refractivity contribution in [1.82, 2.24) is 9.55 Å². The lowest BCUT2D eigenvalue weighted by molar-refractivity contribution is -0.110. The number of fused-ring (bicyclic) bond motifs is 1. The van der Waals surface area contributed by atoms with Crippen molar-refractivity contribution >= 4 is 23.2 Å². The van der Waals surface area contributed by atoms with Crippen LogP contribution in [0.25, 0.3) is 17.3 Å². The zero-order valence-electron chi connectivity index (χ0n) is 11.7. The SMILES string of the molecule is O=C1Nc2ccccc2C1=Cc1ccc(-n2ccnc2)cc1. The Bertz CT molecular complexity index is 862. The molecule has 0 radical (unpaired) electrons. The fourth-order valence-corrected chi connectivity index (χ4v) is 2.60. The first-order valence-electron chi connectivity index (χ1n) is 7.02. The third-order valence-corrected chi connectivity index (χ3v) is 3.72. The Kier molecular flexibility index (Phi) is 2.86. The van der Waals surface area contributed by atoms with Gasteiger partial charge in [-0.15, -0.1) is 0 Å². The van der Waals surface area contributed by atoms with Gasteiger partial charge in [0.2, 0.25) is 0 Å². The number of aromatic nitrogens is 2. The molecule has 0 aliphatic carbocycles. The molecule has 4 nitrogen and oxygen atoms in total. The van der Waals surface area contributed by atoms with Crippen LogP contribution in [-0.2, 0) is 4.79 Å². The minimum atomic E-state index is -0.0557. The fraction of sp³-hybridized carbons (Fsp3) is 0. The molecule has 0 saturated carbocycles. The molecule has 0 saturated heterocycles. The summed E-state index contributed by atoms with van der Waals surface area (Å²) in [5, 5.41) is 2.88. The Morgan fingerprint density at radius 2 is 1.86 bits per heavy atom. The molecule has 1 N–H and O–H groups in total. The Hall–Kier alpha value is -3.14. The number of benzene rings is 2. The maximum atomic E-state index is 12.1. The van der Waals surface area contributed by atoms with Crippen molar-refractivity contribution in [3.8, 4) is 5.69 Å². The average Bonchev–Trinajstić information content (AvgIpc) is 3.17. The highest BCUT2D eigenvalue weighted by atomic mass is 16.2. The summed E-state index contributed by atoms with van der Waals surface area (Å²) in [5.41, 5.74) is 4.55. The van der Waals surface area contributed by atoms with E-state index in [-0.39, 0.29) is 5.91 Å². The molecule has 4 heteroatoms. The number of anilines is 1. The van der Waals surface area contributed by atoms with E-state index in [0.29, 0.717) is 5.57 Å². The van der Waals surface area contributed by atoms with Crippen molar-refractivity contribution in [1.29, 1.82) is 0 Å². The lowest BCUT2D eigenvalue weighted by atomic mass is 10.0. The highest BCUT2D eigenvalue weighted by Gasteiger charge is 2.23. The van der Waals surface area contributed by atoms with Gasteiger partial charge in [-0.1, -0.05) is 30.3 Å². The number of hydrogen-bond donors (Lipinski definition) is 1. The third-order valence-electron chi connectivity index (χ3n) is 3.72. The normalized spacial score (nSPS) is 14.9. The van der Waals surface area contributed by atoms with Crippen LogP contribution in [0.3, 0.4) is 0 Å². The first kappa shape index (κ1) is 12.6. The van der Waals surface area contributed by atoms with E-state index >= 15 is 0 Å². The van der Waals surface area contributed by atoms with Crippen LogP contribution in [0.5, 0.6) is 0 Å². The standard InChI is InChI=1S/C18H13N3O/c22-18-16(15-3-1-2-4-17(15)20-18)11-13-5-7-14(8-6-13)21-10-9-19-12-21/h1-12H,(H,20,22). The van der Waals surface area contributed by atoms with Crippen molar-refractivity contribution in [2.45, 2.75) is 0 Å². The summed E-state index contributed by atoms with van der Waals surface area (Å²) in [7, 11) is 0. The van der Waals surface area contributed by atoms with Crippen LogP contribution >= 0.6 is 0 Å². The second-order valence-corrected chi connectivity index (χ2v) is 5.12. The molecule has 4 rings (SSSR count). The number of amides is 1. The molecule has 1 aliphatic heterocycles. The summed E-state index contributed by atoms with van der Waals surface area (Å²) < 4.78 is 1.94. The van der Waals surface area contributed by atoms with Gasteiger partial charge in [-0.25, -0.2) is 4.98 Å². The summed E-state index contributed by atoms with van der Waals surface area (Å²) in [6, 6.07) is 15.7. The minimum absolute atomic E-state index is 0.0557. The van der Waals surface area contributed by atoms with Crippen LogP contribution in [0.15, 0.2) is 67.3 Å². The largest absolute Gasteiger partial charge is 0.321 e. The number of rotatable bonds is 2. The van der Waals surface area contributed by atoms with Gasteiger partial charge in [0.15, 0.2) is 0 Å². The van der Waals surface area contributed by atoms with Gasteiger partial charge in [0.25, 0.3) is 5.91 Å². The Morgan fingerprint density at radius 3 is 2.64 bits per heavy atom. The topological polar surface area (TPSA) is 46.9 Å². The van der Waals surface area contributed by atoms with Gasteiger partial charge >= 0.3 is 0 Å². The predicted molar refractivity (Wildman–Crippen MR) is 86.5 cm³/mol. The smallest absolute Gasteiger partial charge is 0.256 e. The summed E-state index contributed by atoms with van der Waals surface area (Å²) >= 11 is 0. The Labute approximate surface area is 127 Å². The highest BCUT2D eigenvalue weighted by Crippen LogP contribution is 2.32. The van der Waals surface area contributed by atoms with E-state index in [2.05, 4.69) is 10.3 Å². The molecular formula is C18H13N3O. The molecule has 106 valence electrons. The van der Waals surface area contributed by atoms with E-state index < -0.39 is 0 Å². The summed E-state index contributed by atoms with van der Waals surface area (Å²) in [4.78, 5) is 16.1. The molecule has 0 unspecified atom stereocenters. The van der Waals surface area contributed by atoms with Gasteiger partial charge in [0.1, 0.15) is 0 Å². The van der Waals surface area contributed by atoms with E-state index in [1.807, 2.05) is 65.4 Å². The molecular weight excluding hydrogens is 274 g/mol. The number of carbonyl (C=O) groups is 1. The van der Waals surface area contributed by atoms with Gasteiger partial charge in [0.05, 0.1) is 6.33 Å². The van der Waals surface area contributed by atoms with Crippen molar-refractivity contribution < 1.29 is 4.79 Å². The number of nitrogens with one attached hydrogen (secondary N) is 1. The molecule has 0 atom stereocenters. The van der Waals surface area contributed by atoms with E-state index in [0.717, 1.165) is 22.5 Å². The van der Waals surface area contributed by atoms with Crippen LogP contribution in [0.2, 0.25) is 0 Å². The lowest BCUT2D eigenvalue weighted by Gasteiger charge is -2.03. The summed E-state index contributed by atoms with van der Waals surface area (Å²) in [6.07, 6.45) is 7.32. The maximum Gasteiger partial charge on any atom is 0.256 e. The number of imidazole rings is 1. The molecule has 0 spiro atoms. The molecule has 0 fully saturated rings. The van der Waals surface area contributed by atoms with E-state index in [1.54, 1.807) is 12.5 Å². The van der Waals surface area contributed by atoms with Crippen LogP contribution in [-0.4, -0.2) is 15.5 Å². The quantitative estimate of drug-likeness (QED) is 0.735. The Morgan fingerprint density at radius 1 is 1.05 bits per heavy atom. The molecule has 1 amide bonds. The van der Waals surface area contributed by atoms with Crippen molar-refractivity contribution in [2.75, 3.05) is 5.32 Å². The first-order valence-corrected chi connectivity index (χ1v) is 7.02. The summed E-state index contributed by atoms with van der Waals surface area (Å²) in [5.74, 6) is -0.0557. The zero-order valence-corrected chi connectivity index (χ0v) is 11.7. The first-order chi connectivity index (χ1) is 10.8. The second kappa shape index (κ2) is 5.00. The second-order valence-electron chi connectivity index (χ2n) is 5.12. The maximum absolute atomic E-state index is 12.1. The van der Waals surface area contributed by atoms with Crippen molar-refractivity contribution in [3.05, 3.63) is 78.4 Å². The molecule has 3 aromatic rings. The van der Waals surface area contributed by atoms with Crippen molar-refractivity contribution in [3.63, 3.8) is 0 Å². The van der Waals surface area contributed by atoms with Crippen LogP contribution in [0, 0.1) is 0 Å².